The lowest BCUT2D eigenvalue weighted by molar-refractivity contribution is -0.138. The van der Waals surface area contributed by atoms with Crippen molar-refractivity contribution in [3.8, 4) is 0 Å². The zero-order valence-electron chi connectivity index (χ0n) is 15.7. The summed E-state index contributed by atoms with van der Waals surface area (Å²) in [5.74, 6) is 0. The van der Waals surface area contributed by atoms with E-state index in [1.54, 1.807) is 0 Å². The van der Waals surface area contributed by atoms with Crippen LogP contribution in [0.4, 0.5) is 26.3 Å². The summed E-state index contributed by atoms with van der Waals surface area (Å²) < 4.78 is 72.6. The third-order valence-electron chi connectivity index (χ3n) is 3.69. The van der Waals surface area contributed by atoms with Crippen LogP contribution in [0.3, 0.4) is 0 Å². The first-order valence-corrected chi connectivity index (χ1v) is 8.65. The Hall–Kier alpha value is -3.56. The van der Waals surface area contributed by atoms with Gasteiger partial charge in [0.2, 0.25) is 0 Å². The van der Waals surface area contributed by atoms with Crippen LogP contribution in [0.15, 0.2) is 72.0 Å². The van der Waals surface area contributed by atoms with Crippen LogP contribution in [0, 0.1) is 0 Å². The van der Waals surface area contributed by atoms with E-state index >= 15 is 0 Å². The summed E-state index contributed by atoms with van der Waals surface area (Å²) in [5, 5.41) is 0. The van der Waals surface area contributed by atoms with Crippen molar-refractivity contribution in [1.82, 2.24) is 9.97 Å². The standard InChI is InChI=1S/C14H11F3N2.C7H4F3NO/c15-14(16,17)12-6-7-13(19-9-12)10-18-8-11-4-2-1-3-5-11;8-7(9,10)5-1-2-6(4-12)11-3-5/h1-7,9-10H,8H2;1-4H. The molecule has 3 rings (SSSR count). The predicted octanol–water partition coefficient (Wildman–Crippen LogP) is 5.63. The molecule has 0 saturated heterocycles. The highest BCUT2D eigenvalue weighted by Gasteiger charge is 2.31. The van der Waals surface area contributed by atoms with Crippen LogP contribution in [-0.2, 0) is 18.9 Å². The number of benzene rings is 1. The number of alkyl halides is 6. The predicted molar refractivity (Wildman–Crippen MR) is 102 cm³/mol. The van der Waals surface area contributed by atoms with E-state index in [1.807, 2.05) is 30.3 Å². The molecule has 0 saturated carbocycles. The molecule has 31 heavy (non-hydrogen) atoms. The number of halogens is 6. The minimum absolute atomic E-state index is 0.0111. The maximum absolute atomic E-state index is 12.3. The maximum Gasteiger partial charge on any atom is 0.417 e. The number of carbonyl (C=O) groups is 1. The van der Waals surface area contributed by atoms with Crippen molar-refractivity contribution in [2.24, 2.45) is 4.99 Å². The third kappa shape index (κ3) is 8.00. The molecule has 2 aromatic heterocycles. The number of aromatic nitrogens is 2. The van der Waals surface area contributed by atoms with Gasteiger partial charge < -0.3 is 0 Å². The first kappa shape index (κ1) is 23.7. The van der Waals surface area contributed by atoms with E-state index in [1.165, 1.54) is 12.3 Å². The van der Waals surface area contributed by atoms with Crippen molar-refractivity contribution in [2.75, 3.05) is 0 Å². The summed E-state index contributed by atoms with van der Waals surface area (Å²) in [6.07, 6.45) is -5.46. The van der Waals surface area contributed by atoms with Gasteiger partial charge in [-0.1, -0.05) is 30.3 Å². The van der Waals surface area contributed by atoms with Crippen LogP contribution >= 0.6 is 0 Å². The second-order valence-corrected chi connectivity index (χ2v) is 6.01. The molecule has 0 aliphatic carbocycles. The molecule has 0 unspecified atom stereocenters. The smallest absolute Gasteiger partial charge is 0.296 e. The van der Waals surface area contributed by atoms with Crippen molar-refractivity contribution in [1.29, 1.82) is 0 Å². The number of aldehydes is 1. The molecule has 162 valence electrons. The van der Waals surface area contributed by atoms with Crippen LogP contribution in [-0.4, -0.2) is 22.5 Å². The fourth-order valence-electron chi connectivity index (χ4n) is 2.12. The summed E-state index contributed by atoms with van der Waals surface area (Å²) in [6, 6.07) is 13.7. The second kappa shape index (κ2) is 10.5. The van der Waals surface area contributed by atoms with Crippen LogP contribution in [0.25, 0.3) is 0 Å². The number of hydrogen-bond acceptors (Lipinski definition) is 4. The fourth-order valence-corrected chi connectivity index (χ4v) is 2.12. The van der Waals surface area contributed by atoms with Crippen LogP contribution in [0.5, 0.6) is 0 Å². The highest BCUT2D eigenvalue weighted by Crippen LogP contribution is 2.28. The SMILES string of the molecule is FC(F)(F)c1ccc(C=NCc2ccccc2)nc1.O=Cc1ccc(C(F)(F)F)cn1. The Morgan fingerprint density at radius 3 is 1.68 bits per heavy atom. The summed E-state index contributed by atoms with van der Waals surface area (Å²) in [4.78, 5) is 21.1. The van der Waals surface area contributed by atoms with Crippen molar-refractivity contribution >= 4 is 12.5 Å². The normalized spacial score (nSPS) is 11.7. The zero-order chi connectivity index (χ0) is 22.9. The molecule has 0 aliphatic heterocycles. The molecule has 10 heteroatoms. The van der Waals surface area contributed by atoms with Crippen molar-refractivity contribution in [3.05, 3.63) is 95.1 Å². The van der Waals surface area contributed by atoms with Gasteiger partial charge in [0.25, 0.3) is 0 Å². The molecule has 2 heterocycles. The first-order valence-electron chi connectivity index (χ1n) is 8.65. The zero-order valence-corrected chi connectivity index (χ0v) is 15.7. The molecule has 0 atom stereocenters. The number of rotatable bonds is 4. The minimum atomic E-state index is -4.39. The molecule has 3 aromatic rings. The maximum atomic E-state index is 12.3. The molecule has 0 radical (unpaired) electrons. The fraction of sp³-hybridized carbons (Fsp3) is 0.143. The lowest BCUT2D eigenvalue weighted by atomic mass is 10.2. The molecule has 4 nitrogen and oxygen atoms in total. The molecule has 0 aliphatic rings. The van der Waals surface area contributed by atoms with Gasteiger partial charge in [0.05, 0.1) is 23.4 Å². The second-order valence-electron chi connectivity index (χ2n) is 6.01. The number of aliphatic imine (C=N–C) groups is 1. The Morgan fingerprint density at radius 2 is 1.26 bits per heavy atom. The highest BCUT2D eigenvalue weighted by molar-refractivity contribution is 5.76. The van der Waals surface area contributed by atoms with Gasteiger partial charge in [-0.05, 0) is 29.8 Å². The van der Waals surface area contributed by atoms with Gasteiger partial charge in [-0.15, -0.1) is 0 Å². The molecule has 1 aromatic carbocycles. The van der Waals surface area contributed by atoms with E-state index in [0.29, 0.717) is 24.7 Å². The molecule has 0 spiro atoms. The number of carbonyl (C=O) groups excluding carboxylic acids is 1. The highest BCUT2D eigenvalue weighted by atomic mass is 19.4. The molecular weight excluding hydrogens is 424 g/mol. The lowest BCUT2D eigenvalue weighted by Gasteiger charge is -2.04. The van der Waals surface area contributed by atoms with E-state index in [-0.39, 0.29) is 5.69 Å². The minimum Gasteiger partial charge on any atom is -0.296 e. The van der Waals surface area contributed by atoms with Gasteiger partial charge in [0, 0.05) is 18.6 Å². The van der Waals surface area contributed by atoms with Gasteiger partial charge in [0.15, 0.2) is 6.29 Å². The van der Waals surface area contributed by atoms with E-state index in [0.717, 1.165) is 30.0 Å². The lowest BCUT2D eigenvalue weighted by Crippen LogP contribution is -2.05. The average molecular weight is 439 g/mol. The van der Waals surface area contributed by atoms with Crippen LogP contribution in [0.1, 0.15) is 32.9 Å². The summed E-state index contributed by atoms with van der Waals surface area (Å²) in [7, 11) is 0. The molecule has 0 fully saturated rings. The van der Waals surface area contributed by atoms with Crippen LogP contribution < -0.4 is 0 Å². The number of hydrogen-bond donors (Lipinski definition) is 0. The Bertz CT molecular complexity index is 983. The van der Waals surface area contributed by atoms with Crippen molar-refractivity contribution in [3.63, 3.8) is 0 Å². The van der Waals surface area contributed by atoms with Gasteiger partial charge in [-0.2, -0.15) is 26.3 Å². The van der Waals surface area contributed by atoms with E-state index in [2.05, 4.69) is 15.0 Å². The Balaban J connectivity index is 0.000000245. The van der Waals surface area contributed by atoms with E-state index in [9.17, 15) is 31.1 Å². The molecule has 0 amide bonds. The topological polar surface area (TPSA) is 55.2 Å². The Labute approximate surface area is 173 Å². The quantitative estimate of drug-likeness (QED) is 0.301. The first-order chi connectivity index (χ1) is 14.6. The summed E-state index contributed by atoms with van der Waals surface area (Å²) in [5.41, 5.74) is -0.182. The molecule has 0 bridgehead atoms. The largest absolute Gasteiger partial charge is 0.417 e. The third-order valence-corrected chi connectivity index (χ3v) is 3.69. The van der Waals surface area contributed by atoms with Gasteiger partial charge in [-0.25, -0.2) is 0 Å². The van der Waals surface area contributed by atoms with Crippen molar-refractivity contribution < 1.29 is 31.1 Å². The van der Waals surface area contributed by atoms with Crippen molar-refractivity contribution in [2.45, 2.75) is 18.9 Å². The Morgan fingerprint density at radius 1 is 0.742 bits per heavy atom. The summed E-state index contributed by atoms with van der Waals surface area (Å²) in [6.45, 7) is 0.476. The summed E-state index contributed by atoms with van der Waals surface area (Å²) >= 11 is 0. The van der Waals surface area contributed by atoms with Gasteiger partial charge >= 0.3 is 12.4 Å². The molecular formula is C21H15F6N3O. The van der Waals surface area contributed by atoms with Gasteiger partial charge in [0.1, 0.15) is 5.69 Å². The number of pyridine rings is 2. The monoisotopic (exact) mass is 439 g/mol. The average Bonchev–Trinajstić information content (AvgIpc) is 2.74. The van der Waals surface area contributed by atoms with Crippen LogP contribution in [0.2, 0.25) is 0 Å². The van der Waals surface area contributed by atoms with E-state index < -0.39 is 23.5 Å². The Kier molecular flexibility index (Phi) is 8.00. The molecule has 0 N–H and O–H groups in total. The van der Waals surface area contributed by atoms with E-state index in [4.69, 9.17) is 0 Å². The number of nitrogens with zero attached hydrogens (tertiary/aromatic N) is 3. The van der Waals surface area contributed by atoms with Gasteiger partial charge in [-0.3, -0.25) is 19.8 Å².